The van der Waals surface area contributed by atoms with Gasteiger partial charge in [0.1, 0.15) is 23.2 Å². The predicted molar refractivity (Wildman–Crippen MR) is 116 cm³/mol. The van der Waals surface area contributed by atoms with Gasteiger partial charge in [-0.3, -0.25) is 0 Å². The van der Waals surface area contributed by atoms with Crippen molar-refractivity contribution in [2.75, 3.05) is 17.7 Å². The number of methoxy groups -OCH3 is 1. The van der Waals surface area contributed by atoms with Crippen LogP contribution in [0.2, 0.25) is 0 Å². The van der Waals surface area contributed by atoms with Crippen molar-refractivity contribution in [1.29, 1.82) is 0 Å². The van der Waals surface area contributed by atoms with Crippen LogP contribution in [0.15, 0.2) is 54.6 Å². The van der Waals surface area contributed by atoms with Gasteiger partial charge >= 0.3 is 0 Å². The summed E-state index contributed by atoms with van der Waals surface area (Å²) in [7, 11) is 1.67. The number of benzene rings is 2. The molecule has 0 fully saturated rings. The summed E-state index contributed by atoms with van der Waals surface area (Å²) in [5, 5.41) is 6.84. The molecular formula is C23H28N4O. The fourth-order valence-corrected chi connectivity index (χ4v) is 3.04. The van der Waals surface area contributed by atoms with Crippen molar-refractivity contribution in [3.8, 4) is 5.75 Å². The molecule has 28 heavy (non-hydrogen) atoms. The topological polar surface area (TPSA) is 59.1 Å². The molecule has 2 N–H and O–H groups in total. The minimum atomic E-state index is 0.0428. The highest BCUT2D eigenvalue weighted by atomic mass is 16.5. The maximum atomic E-state index is 5.20. The SMILES string of the molecule is COc1ccc(CNc2cc(Nc3ccccc3C(C)(C)C)nc(C)n2)cc1. The summed E-state index contributed by atoms with van der Waals surface area (Å²) in [6.45, 7) is 9.21. The van der Waals surface area contributed by atoms with Crippen LogP contribution in [-0.4, -0.2) is 17.1 Å². The monoisotopic (exact) mass is 376 g/mol. The summed E-state index contributed by atoms with van der Waals surface area (Å²) in [4.78, 5) is 9.06. The van der Waals surface area contributed by atoms with Crippen molar-refractivity contribution in [2.24, 2.45) is 0 Å². The zero-order valence-electron chi connectivity index (χ0n) is 17.2. The quantitative estimate of drug-likeness (QED) is 0.599. The first-order valence-electron chi connectivity index (χ1n) is 9.44. The van der Waals surface area contributed by atoms with E-state index in [-0.39, 0.29) is 5.41 Å². The fraction of sp³-hybridized carbons (Fsp3) is 0.304. The Balaban J connectivity index is 1.76. The molecular weight excluding hydrogens is 348 g/mol. The number of hydrogen-bond acceptors (Lipinski definition) is 5. The molecule has 5 heteroatoms. The summed E-state index contributed by atoms with van der Waals surface area (Å²) in [6.07, 6.45) is 0. The lowest BCUT2D eigenvalue weighted by Crippen LogP contribution is -2.14. The van der Waals surface area contributed by atoms with Gasteiger partial charge in [0.25, 0.3) is 0 Å². The second kappa shape index (κ2) is 8.30. The van der Waals surface area contributed by atoms with Gasteiger partial charge < -0.3 is 15.4 Å². The maximum absolute atomic E-state index is 5.20. The number of anilines is 3. The molecule has 2 aromatic carbocycles. The summed E-state index contributed by atoms with van der Waals surface area (Å²) >= 11 is 0. The van der Waals surface area contributed by atoms with Crippen LogP contribution in [-0.2, 0) is 12.0 Å². The summed E-state index contributed by atoms with van der Waals surface area (Å²) in [5.41, 5.74) is 3.51. The van der Waals surface area contributed by atoms with E-state index >= 15 is 0 Å². The van der Waals surface area contributed by atoms with Crippen molar-refractivity contribution in [3.63, 3.8) is 0 Å². The van der Waals surface area contributed by atoms with Crippen LogP contribution in [0.1, 0.15) is 37.7 Å². The van der Waals surface area contributed by atoms with Crippen LogP contribution in [0.3, 0.4) is 0 Å². The lowest BCUT2D eigenvalue weighted by molar-refractivity contribution is 0.414. The van der Waals surface area contributed by atoms with E-state index in [1.54, 1.807) is 7.11 Å². The zero-order valence-corrected chi connectivity index (χ0v) is 17.2. The van der Waals surface area contributed by atoms with E-state index < -0.39 is 0 Å². The lowest BCUT2D eigenvalue weighted by atomic mass is 9.86. The highest BCUT2D eigenvalue weighted by molar-refractivity contribution is 5.64. The Labute approximate surface area is 167 Å². The van der Waals surface area contributed by atoms with Gasteiger partial charge in [0.15, 0.2) is 0 Å². The highest BCUT2D eigenvalue weighted by Gasteiger charge is 2.17. The van der Waals surface area contributed by atoms with Crippen LogP contribution in [0.5, 0.6) is 5.75 Å². The second-order valence-corrected chi connectivity index (χ2v) is 7.81. The van der Waals surface area contributed by atoms with Gasteiger partial charge in [-0.2, -0.15) is 0 Å². The van der Waals surface area contributed by atoms with E-state index in [0.29, 0.717) is 6.54 Å². The molecule has 3 aromatic rings. The number of para-hydroxylation sites is 1. The summed E-state index contributed by atoms with van der Waals surface area (Å²) in [5.74, 6) is 3.14. The van der Waals surface area contributed by atoms with Crippen molar-refractivity contribution in [2.45, 2.75) is 39.7 Å². The smallest absolute Gasteiger partial charge is 0.136 e. The normalized spacial score (nSPS) is 11.2. The number of nitrogens with zero attached hydrogens (tertiary/aromatic N) is 2. The first-order chi connectivity index (χ1) is 13.3. The number of aromatic nitrogens is 2. The van der Waals surface area contributed by atoms with Gasteiger partial charge in [0.2, 0.25) is 0 Å². The Morgan fingerprint density at radius 3 is 2.29 bits per heavy atom. The molecule has 1 aromatic heterocycles. The third-order valence-corrected chi connectivity index (χ3v) is 4.47. The molecule has 0 aliphatic carbocycles. The van der Waals surface area contributed by atoms with Gasteiger partial charge in [0.05, 0.1) is 7.11 Å². The summed E-state index contributed by atoms with van der Waals surface area (Å²) < 4.78 is 5.20. The average Bonchev–Trinajstić information content (AvgIpc) is 2.66. The Morgan fingerprint density at radius 2 is 1.61 bits per heavy atom. The summed E-state index contributed by atoms with van der Waals surface area (Å²) in [6, 6.07) is 18.3. The van der Waals surface area contributed by atoms with Gasteiger partial charge in [-0.15, -0.1) is 0 Å². The van der Waals surface area contributed by atoms with Gasteiger partial charge in [-0.1, -0.05) is 51.1 Å². The second-order valence-electron chi connectivity index (χ2n) is 7.81. The molecule has 0 aliphatic rings. The molecule has 3 rings (SSSR count). The van der Waals surface area contributed by atoms with Crippen molar-refractivity contribution in [1.82, 2.24) is 9.97 Å². The molecule has 0 bridgehead atoms. The van der Waals surface area contributed by atoms with E-state index in [4.69, 9.17) is 4.74 Å². The fourth-order valence-electron chi connectivity index (χ4n) is 3.04. The minimum Gasteiger partial charge on any atom is -0.497 e. The predicted octanol–water partition coefficient (Wildman–Crippen LogP) is 5.45. The van der Waals surface area contributed by atoms with Crippen molar-refractivity contribution >= 4 is 17.3 Å². The Hall–Kier alpha value is -3.08. The molecule has 5 nitrogen and oxygen atoms in total. The van der Waals surface area contributed by atoms with E-state index in [1.807, 2.05) is 43.3 Å². The average molecular weight is 377 g/mol. The first-order valence-corrected chi connectivity index (χ1v) is 9.44. The molecule has 1 heterocycles. The number of rotatable bonds is 6. The third kappa shape index (κ3) is 5.00. The van der Waals surface area contributed by atoms with E-state index in [9.17, 15) is 0 Å². The molecule has 146 valence electrons. The van der Waals surface area contributed by atoms with Crippen LogP contribution in [0, 0.1) is 6.92 Å². The number of nitrogens with one attached hydrogen (secondary N) is 2. The molecule has 0 amide bonds. The molecule has 0 unspecified atom stereocenters. The maximum Gasteiger partial charge on any atom is 0.136 e. The number of aryl methyl sites for hydroxylation is 1. The largest absolute Gasteiger partial charge is 0.497 e. The van der Waals surface area contributed by atoms with E-state index in [2.05, 4.69) is 59.6 Å². The molecule has 0 radical (unpaired) electrons. The standard InChI is InChI=1S/C23H28N4O/c1-16-25-21(24-15-17-10-12-18(28-5)13-11-17)14-22(26-16)27-20-9-7-6-8-19(20)23(2,3)4/h6-14H,15H2,1-5H3,(H2,24,25,26,27). The first kappa shape index (κ1) is 19.7. The minimum absolute atomic E-state index is 0.0428. The molecule has 0 aliphatic heterocycles. The zero-order chi connectivity index (χ0) is 20.1. The Kier molecular flexibility index (Phi) is 5.83. The van der Waals surface area contributed by atoms with E-state index in [0.717, 1.165) is 34.5 Å². The lowest BCUT2D eigenvalue weighted by Gasteiger charge is -2.23. The number of hydrogen-bond donors (Lipinski definition) is 2. The van der Waals surface area contributed by atoms with Crippen LogP contribution in [0.25, 0.3) is 0 Å². The van der Waals surface area contributed by atoms with Gasteiger partial charge in [-0.05, 0) is 41.7 Å². The van der Waals surface area contributed by atoms with Crippen LogP contribution in [0.4, 0.5) is 17.3 Å². The number of ether oxygens (including phenoxy) is 1. The molecule has 0 saturated heterocycles. The van der Waals surface area contributed by atoms with Crippen molar-refractivity contribution < 1.29 is 4.74 Å². The molecule has 0 spiro atoms. The highest BCUT2D eigenvalue weighted by Crippen LogP contribution is 2.31. The Morgan fingerprint density at radius 1 is 0.929 bits per heavy atom. The Bertz CT molecular complexity index is 930. The molecule has 0 atom stereocenters. The van der Waals surface area contributed by atoms with Crippen LogP contribution >= 0.6 is 0 Å². The van der Waals surface area contributed by atoms with Crippen molar-refractivity contribution in [3.05, 3.63) is 71.5 Å². The third-order valence-electron chi connectivity index (χ3n) is 4.47. The molecule has 0 saturated carbocycles. The van der Waals surface area contributed by atoms with E-state index in [1.165, 1.54) is 5.56 Å². The van der Waals surface area contributed by atoms with Crippen LogP contribution < -0.4 is 15.4 Å². The van der Waals surface area contributed by atoms with Gasteiger partial charge in [-0.25, -0.2) is 9.97 Å². The van der Waals surface area contributed by atoms with Gasteiger partial charge in [0, 0.05) is 18.3 Å².